The van der Waals surface area contributed by atoms with Crippen LogP contribution in [0.3, 0.4) is 0 Å². The average Bonchev–Trinajstić information content (AvgIpc) is 2.69. The van der Waals surface area contributed by atoms with Crippen molar-refractivity contribution in [3.8, 4) is 5.88 Å². The molecule has 0 spiro atoms. The molecule has 0 bridgehead atoms. The molecular formula is C16H24N4O. The zero-order valence-corrected chi connectivity index (χ0v) is 13.5. The second kappa shape index (κ2) is 6.63. The zero-order chi connectivity index (χ0) is 15.4. The van der Waals surface area contributed by atoms with Crippen LogP contribution < -0.4 is 10.1 Å². The fourth-order valence-electron chi connectivity index (χ4n) is 2.47. The number of nitrogens with zero attached hydrogens (tertiary/aromatic N) is 3. The highest BCUT2D eigenvalue weighted by Gasteiger charge is 2.13. The van der Waals surface area contributed by atoms with E-state index in [0.717, 1.165) is 29.4 Å². The summed E-state index contributed by atoms with van der Waals surface area (Å²) in [5, 5.41) is 7.85. The normalized spacial score (nSPS) is 11.0. The van der Waals surface area contributed by atoms with Gasteiger partial charge in [0.1, 0.15) is 0 Å². The van der Waals surface area contributed by atoms with Crippen LogP contribution in [0.25, 0.3) is 0 Å². The van der Waals surface area contributed by atoms with E-state index in [1.165, 1.54) is 5.56 Å². The summed E-state index contributed by atoms with van der Waals surface area (Å²) in [6, 6.07) is 8.48. The van der Waals surface area contributed by atoms with Gasteiger partial charge in [-0.1, -0.05) is 12.1 Å². The van der Waals surface area contributed by atoms with Gasteiger partial charge in [0.15, 0.2) is 0 Å². The van der Waals surface area contributed by atoms with Crippen LogP contribution in [-0.4, -0.2) is 35.9 Å². The summed E-state index contributed by atoms with van der Waals surface area (Å²) in [6.07, 6.45) is 0. The van der Waals surface area contributed by atoms with Crippen LogP contribution in [0.15, 0.2) is 24.3 Å². The number of hydrogen-bond donors (Lipinski definition) is 1. The molecule has 0 unspecified atom stereocenters. The monoisotopic (exact) mass is 288 g/mol. The van der Waals surface area contributed by atoms with Crippen LogP contribution in [0.1, 0.15) is 16.8 Å². The maximum Gasteiger partial charge on any atom is 0.216 e. The standard InChI is InChI=1S/C16H24N4O/c1-12-15(16(21-5)20(4)18-12)10-17-14-8-6-7-13(9-14)11-19(2)3/h6-9,17H,10-11H2,1-5H3. The first-order valence-corrected chi connectivity index (χ1v) is 7.05. The number of nitrogens with one attached hydrogen (secondary N) is 1. The average molecular weight is 288 g/mol. The molecule has 0 atom stereocenters. The van der Waals surface area contributed by atoms with E-state index in [0.29, 0.717) is 6.54 Å². The number of aromatic nitrogens is 2. The fourth-order valence-corrected chi connectivity index (χ4v) is 2.47. The molecule has 1 heterocycles. The molecule has 2 rings (SSSR count). The fraction of sp³-hybridized carbons (Fsp3) is 0.438. The Balaban J connectivity index is 2.10. The summed E-state index contributed by atoms with van der Waals surface area (Å²) in [6.45, 7) is 3.64. The zero-order valence-electron chi connectivity index (χ0n) is 13.5. The third-order valence-electron chi connectivity index (χ3n) is 3.38. The minimum absolute atomic E-state index is 0.703. The number of rotatable bonds is 6. The highest BCUT2D eigenvalue weighted by Crippen LogP contribution is 2.22. The van der Waals surface area contributed by atoms with Crippen LogP contribution in [-0.2, 0) is 20.1 Å². The number of benzene rings is 1. The van der Waals surface area contributed by atoms with E-state index in [2.05, 4.69) is 53.7 Å². The Hall–Kier alpha value is -2.01. The lowest BCUT2D eigenvalue weighted by Crippen LogP contribution is -2.11. The SMILES string of the molecule is COc1c(CNc2cccc(CN(C)C)c2)c(C)nn1C. The summed E-state index contributed by atoms with van der Waals surface area (Å²) in [5.41, 5.74) is 4.49. The van der Waals surface area contributed by atoms with Crippen molar-refractivity contribution in [2.45, 2.75) is 20.0 Å². The van der Waals surface area contributed by atoms with Crippen molar-refractivity contribution in [3.05, 3.63) is 41.1 Å². The third kappa shape index (κ3) is 3.76. The smallest absolute Gasteiger partial charge is 0.216 e. The van der Waals surface area contributed by atoms with Crippen LogP contribution in [0.2, 0.25) is 0 Å². The predicted octanol–water partition coefficient (Wildman–Crippen LogP) is 2.41. The summed E-state index contributed by atoms with van der Waals surface area (Å²) in [7, 11) is 7.72. The van der Waals surface area contributed by atoms with Gasteiger partial charge in [0.25, 0.3) is 0 Å². The first kappa shape index (κ1) is 15.4. The van der Waals surface area contributed by atoms with Gasteiger partial charge in [-0.2, -0.15) is 5.10 Å². The van der Waals surface area contributed by atoms with Crippen molar-refractivity contribution < 1.29 is 4.74 Å². The van der Waals surface area contributed by atoms with Crippen molar-refractivity contribution in [3.63, 3.8) is 0 Å². The molecule has 2 aromatic rings. The van der Waals surface area contributed by atoms with Crippen molar-refractivity contribution >= 4 is 5.69 Å². The molecule has 1 aromatic heterocycles. The molecule has 0 aliphatic carbocycles. The summed E-state index contributed by atoms with van der Waals surface area (Å²) in [4.78, 5) is 2.16. The minimum Gasteiger partial charge on any atom is -0.481 e. The Labute approximate surface area is 126 Å². The predicted molar refractivity (Wildman–Crippen MR) is 85.7 cm³/mol. The second-order valence-electron chi connectivity index (χ2n) is 5.49. The van der Waals surface area contributed by atoms with Gasteiger partial charge in [-0.15, -0.1) is 0 Å². The number of anilines is 1. The van der Waals surface area contributed by atoms with Crippen molar-refractivity contribution in [1.29, 1.82) is 0 Å². The van der Waals surface area contributed by atoms with Crippen LogP contribution in [0.4, 0.5) is 5.69 Å². The molecule has 1 N–H and O–H groups in total. The van der Waals surface area contributed by atoms with E-state index >= 15 is 0 Å². The molecule has 0 fully saturated rings. The first-order chi connectivity index (χ1) is 10.0. The maximum atomic E-state index is 5.42. The molecule has 21 heavy (non-hydrogen) atoms. The summed E-state index contributed by atoms with van der Waals surface area (Å²) in [5.74, 6) is 0.810. The lowest BCUT2D eigenvalue weighted by molar-refractivity contribution is 0.370. The topological polar surface area (TPSA) is 42.3 Å². The third-order valence-corrected chi connectivity index (χ3v) is 3.38. The number of hydrogen-bond acceptors (Lipinski definition) is 4. The van der Waals surface area contributed by atoms with Gasteiger partial charge in [0, 0.05) is 25.8 Å². The Kier molecular flexibility index (Phi) is 4.85. The minimum atomic E-state index is 0.703. The van der Waals surface area contributed by atoms with Crippen LogP contribution >= 0.6 is 0 Å². The highest BCUT2D eigenvalue weighted by molar-refractivity contribution is 5.47. The van der Waals surface area contributed by atoms with Gasteiger partial charge in [-0.3, -0.25) is 0 Å². The molecule has 0 radical (unpaired) electrons. The first-order valence-electron chi connectivity index (χ1n) is 7.05. The lowest BCUT2D eigenvalue weighted by Gasteiger charge is -2.12. The van der Waals surface area contributed by atoms with Crippen LogP contribution in [0.5, 0.6) is 5.88 Å². The Bertz CT molecular complexity index is 604. The largest absolute Gasteiger partial charge is 0.481 e. The van der Waals surface area contributed by atoms with E-state index < -0.39 is 0 Å². The summed E-state index contributed by atoms with van der Waals surface area (Å²) >= 11 is 0. The Morgan fingerprint density at radius 1 is 1.33 bits per heavy atom. The van der Waals surface area contributed by atoms with E-state index in [9.17, 15) is 0 Å². The second-order valence-corrected chi connectivity index (χ2v) is 5.49. The van der Waals surface area contributed by atoms with E-state index in [1.807, 2.05) is 14.0 Å². The molecule has 0 amide bonds. The van der Waals surface area contributed by atoms with E-state index in [-0.39, 0.29) is 0 Å². The van der Waals surface area contributed by atoms with Crippen molar-refractivity contribution in [1.82, 2.24) is 14.7 Å². The molecule has 5 nitrogen and oxygen atoms in total. The van der Waals surface area contributed by atoms with Gasteiger partial charge >= 0.3 is 0 Å². The molecule has 5 heteroatoms. The summed E-state index contributed by atoms with van der Waals surface area (Å²) < 4.78 is 7.19. The van der Waals surface area contributed by atoms with Gasteiger partial charge in [-0.25, -0.2) is 4.68 Å². The van der Waals surface area contributed by atoms with E-state index in [1.54, 1.807) is 11.8 Å². The molecule has 0 aliphatic heterocycles. The molecule has 0 aliphatic rings. The molecule has 114 valence electrons. The van der Waals surface area contributed by atoms with Gasteiger partial charge in [0.2, 0.25) is 5.88 Å². The Morgan fingerprint density at radius 3 is 2.76 bits per heavy atom. The molecule has 0 saturated heterocycles. The molecule has 0 saturated carbocycles. The van der Waals surface area contributed by atoms with Gasteiger partial charge < -0.3 is 15.0 Å². The highest BCUT2D eigenvalue weighted by atomic mass is 16.5. The number of ether oxygens (including phenoxy) is 1. The Morgan fingerprint density at radius 2 is 2.10 bits per heavy atom. The van der Waals surface area contributed by atoms with Gasteiger partial charge in [-0.05, 0) is 38.7 Å². The molecule has 1 aromatic carbocycles. The molecular weight excluding hydrogens is 264 g/mol. The lowest BCUT2D eigenvalue weighted by atomic mass is 10.2. The number of aryl methyl sites for hydroxylation is 2. The maximum absolute atomic E-state index is 5.42. The van der Waals surface area contributed by atoms with Crippen molar-refractivity contribution in [2.24, 2.45) is 7.05 Å². The van der Waals surface area contributed by atoms with E-state index in [4.69, 9.17) is 4.74 Å². The quantitative estimate of drug-likeness (QED) is 0.886. The number of methoxy groups -OCH3 is 1. The van der Waals surface area contributed by atoms with Gasteiger partial charge in [0.05, 0.1) is 18.4 Å². The van der Waals surface area contributed by atoms with Crippen molar-refractivity contribution in [2.75, 3.05) is 26.5 Å². The van der Waals surface area contributed by atoms with Crippen LogP contribution in [0, 0.1) is 6.92 Å².